The van der Waals surface area contributed by atoms with Crippen molar-refractivity contribution in [3.05, 3.63) is 40.6 Å². The Morgan fingerprint density at radius 2 is 2.19 bits per heavy atom. The van der Waals surface area contributed by atoms with Crippen LogP contribution in [0.4, 0.5) is 0 Å². The van der Waals surface area contributed by atoms with E-state index in [2.05, 4.69) is 26.1 Å². The molecular weight excluding hydrogens is 330 g/mol. The summed E-state index contributed by atoms with van der Waals surface area (Å²) >= 11 is 3.49. The molecule has 2 fully saturated rings. The van der Waals surface area contributed by atoms with E-state index >= 15 is 0 Å². The molecule has 4 rings (SSSR count). The van der Waals surface area contributed by atoms with Gasteiger partial charge in [-0.05, 0) is 65.5 Å². The van der Waals surface area contributed by atoms with Crippen LogP contribution in [0.3, 0.4) is 0 Å². The molecule has 2 saturated heterocycles. The molecule has 110 valence electrons. The van der Waals surface area contributed by atoms with Gasteiger partial charge in [-0.25, -0.2) is 0 Å². The molecule has 5 heteroatoms. The summed E-state index contributed by atoms with van der Waals surface area (Å²) in [6.45, 7) is 3.42. The second-order valence-electron chi connectivity index (χ2n) is 6.19. The lowest BCUT2D eigenvalue weighted by Crippen LogP contribution is -2.47. The van der Waals surface area contributed by atoms with Crippen molar-refractivity contribution in [2.75, 3.05) is 19.6 Å². The molecular formula is C16H18BrN3O. The lowest BCUT2D eigenvalue weighted by Gasteiger charge is -2.30. The van der Waals surface area contributed by atoms with Crippen molar-refractivity contribution in [3.63, 3.8) is 0 Å². The van der Waals surface area contributed by atoms with Gasteiger partial charge in [0.15, 0.2) is 0 Å². The maximum atomic E-state index is 12.4. The van der Waals surface area contributed by atoms with E-state index in [-0.39, 0.29) is 5.91 Å². The third kappa shape index (κ3) is 2.49. The third-order valence-corrected chi connectivity index (χ3v) is 5.32. The Morgan fingerprint density at radius 3 is 3.05 bits per heavy atom. The van der Waals surface area contributed by atoms with E-state index in [1.54, 1.807) is 0 Å². The van der Waals surface area contributed by atoms with E-state index in [0.717, 1.165) is 34.6 Å². The molecule has 3 unspecified atom stereocenters. The number of hydrogen-bond donors (Lipinski definition) is 1. The van der Waals surface area contributed by atoms with Gasteiger partial charge in [0.2, 0.25) is 0 Å². The first-order valence-electron chi connectivity index (χ1n) is 7.49. The molecule has 1 N–H and O–H groups in total. The minimum Gasteiger partial charge on any atom is -0.348 e. The highest BCUT2D eigenvalue weighted by molar-refractivity contribution is 9.10. The quantitative estimate of drug-likeness (QED) is 0.906. The Hall–Kier alpha value is -1.33. The fraction of sp³-hybridized carbons (Fsp3) is 0.438. The number of halogens is 1. The van der Waals surface area contributed by atoms with Gasteiger partial charge in [-0.1, -0.05) is 0 Å². The van der Waals surface area contributed by atoms with Crippen molar-refractivity contribution in [2.45, 2.75) is 18.9 Å². The van der Waals surface area contributed by atoms with Gasteiger partial charge in [-0.3, -0.25) is 4.79 Å². The van der Waals surface area contributed by atoms with Crippen LogP contribution in [0.15, 0.2) is 35.1 Å². The highest BCUT2D eigenvalue weighted by atomic mass is 79.9. The van der Waals surface area contributed by atoms with E-state index in [0.29, 0.717) is 6.04 Å². The van der Waals surface area contributed by atoms with Gasteiger partial charge in [-0.2, -0.15) is 0 Å². The maximum absolute atomic E-state index is 12.4. The Morgan fingerprint density at radius 1 is 1.29 bits per heavy atom. The van der Waals surface area contributed by atoms with Gasteiger partial charge in [0, 0.05) is 36.4 Å². The summed E-state index contributed by atoms with van der Waals surface area (Å²) in [5.74, 6) is 0.815. The van der Waals surface area contributed by atoms with Crippen molar-refractivity contribution >= 4 is 27.4 Å². The zero-order valence-electron chi connectivity index (χ0n) is 11.8. The lowest BCUT2D eigenvalue weighted by molar-refractivity contribution is 0.0909. The number of amides is 1. The number of pyridine rings is 1. The van der Waals surface area contributed by atoms with Gasteiger partial charge < -0.3 is 14.6 Å². The maximum Gasteiger partial charge on any atom is 0.251 e. The molecule has 4 heterocycles. The largest absolute Gasteiger partial charge is 0.348 e. The summed E-state index contributed by atoms with van der Waals surface area (Å²) < 4.78 is 3.02. The molecule has 0 saturated carbocycles. The van der Waals surface area contributed by atoms with Crippen LogP contribution in [0.5, 0.6) is 0 Å². The van der Waals surface area contributed by atoms with E-state index < -0.39 is 0 Å². The number of carbonyl (C=O) groups excluding carboxylic acids is 1. The van der Waals surface area contributed by atoms with E-state index in [9.17, 15) is 4.79 Å². The number of nitrogens with one attached hydrogen (secondary N) is 1. The first-order chi connectivity index (χ1) is 10.2. The fourth-order valence-electron chi connectivity index (χ4n) is 3.65. The van der Waals surface area contributed by atoms with Crippen LogP contribution in [0.1, 0.15) is 23.2 Å². The zero-order valence-corrected chi connectivity index (χ0v) is 13.3. The molecule has 2 bridgehead atoms. The Bertz CT molecular complexity index is 684. The molecule has 0 spiro atoms. The number of piperidine rings is 1. The Labute approximate surface area is 132 Å². The first kappa shape index (κ1) is 13.3. The van der Waals surface area contributed by atoms with Crippen LogP contribution in [0, 0.1) is 5.92 Å². The second kappa shape index (κ2) is 5.14. The molecule has 2 aliphatic heterocycles. The van der Waals surface area contributed by atoms with E-state index in [4.69, 9.17) is 0 Å². The zero-order chi connectivity index (χ0) is 14.4. The van der Waals surface area contributed by atoms with Crippen LogP contribution in [-0.4, -0.2) is 40.9 Å². The smallest absolute Gasteiger partial charge is 0.251 e. The number of carbonyl (C=O) groups is 1. The van der Waals surface area contributed by atoms with Crippen LogP contribution >= 0.6 is 15.9 Å². The summed E-state index contributed by atoms with van der Waals surface area (Å²) in [6.07, 6.45) is 4.35. The molecule has 2 aromatic rings. The Kier molecular flexibility index (Phi) is 3.27. The third-order valence-electron chi connectivity index (χ3n) is 4.67. The monoisotopic (exact) mass is 347 g/mol. The molecule has 1 amide bonds. The number of aromatic nitrogens is 1. The number of fused-ring (bicyclic) bond motifs is 3. The average Bonchev–Trinajstić information content (AvgIpc) is 3.02. The second-order valence-corrected chi connectivity index (χ2v) is 7.00. The van der Waals surface area contributed by atoms with Gasteiger partial charge >= 0.3 is 0 Å². The van der Waals surface area contributed by atoms with Crippen LogP contribution in [0.2, 0.25) is 0 Å². The first-order valence-corrected chi connectivity index (χ1v) is 8.28. The normalized spacial score (nSPS) is 28.0. The van der Waals surface area contributed by atoms with Crippen molar-refractivity contribution in [3.8, 4) is 0 Å². The van der Waals surface area contributed by atoms with Crippen LogP contribution < -0.4 is 5.32 Å². The van der Waals surface area contributed by atoms with Gasteiger partial charge in [0.25, 0.3) is 5.91 Å². The molecule has 21 heavy (non-hydrogen) atoms. The number of hydrogen-bond acceptors (Lipinski definition) is 2. The minimum absolute atomic E-state index is 0.0438. The number of nitrogens with zero attached hydrogens (tertiary/aromatic N) is 2. The standard InChI is InChI=1S/C16H18BrN3O/c17-15-2-1-14-8-12(4-6-20(14)15)16(21)18-13-7-11-3-5-19(9-11)10-13/h1-2,4,6,8,11,13H,3,5,7,9-10H2,(H,18,21). The fourth-order valence-corrected chi connectivity index (χ4v) is 4.10. The lowest BCUT2D eigenvalue weighted by atomic mass is 9.96. The summed E-state index contributed by atoms with van der Waals surface area (Å²) in [4.78, 5) is 14.9. The van der Waals surface area contributed by atoms with Crippen molar-refractivity contribution in [1.29, 1.82) is 0 Å². The molecule has 0 aromatic carbocycles. The average molecular weight is 348 g/mol. The van der Waals surface area contributed by atoms with Gasteiger partial charge in [0.1, 0.15) is 0 Å². The highest BCUT2D eigenvalue weighted by Crippen LogP contribution is 2.27. The van der Waals surface area contributed by atoms with E-state index in [1.807, 2.05) is 34.9 Å². The predicted molar refractivity (Wildman–Crippen MR) is 85.5 cm³/mol. The van der Waals surface area contributed by atoms with E-state index in [1.165, 1.54) is 19.5 Å². The predicted octanol–water partition coefficient (Wildman–Crippen LogP) is 2.53. The Balaban J connectivity index is 1.50. The summed E-state index contributed by atoms with van der Waals surface area (Å²) in [5.41, 5.74) is 1.77. The van der Waals surface area contributed by atoms with Crippen molar-refractivity contribution in [2.24, 2.45) is 5.92 Å². The van der Waals surface area contributed by atoms with Crippen molar-refractivity contribution < 1.29 is 4.79 Å². The van der Waals surface area contributed by atoms with Crippen LogP contribution in [-0.2, 0) is 0 Å². The van der Waals surface area contributed by atoms with Gasteiger partial charge in [-0.15, -0.1) is 0 Å². The van der Waals surface area contributed by atoms with Crippen molar-refractivity contribution in [1.82, 2.24) is 14.6 Å². The molecule has 4 nitrogen and oxygen atoms in total. The molecule has 0 radical (unpaired) electrons. The van der Waals surface area contributed by atoms with Gasteiger partial charge in [0.05, 0.1) is 4.60 Å². The SMILES string of the molecule is O=C(NC1CC2CCN(C2)C1)c1ccn2c(Br)ccc2c1. The summed E-state index contributed by atoms with van der Waals surface area (Å²) in [5, 5.41) is 3.21. The minimum atomic E-state index is 0.0438. The highest BCUT2D eigenvalue weighted by Gasteiger charge is 2.32. The summed E-state index contributed by atoms with van der Waals surface area (Å²) in [6, 6.07) is 8.12. The topological polar surface area (TPSA) is 36.8 Å². The molecule has 2 aromatic heterocycles. The molecule has 2 aliphatic rings. The number of rotatable bonds is 2. The summed E-state index contributed by atoms with van der Waals surface area (Å²) in [7, 11) is 0. The van der Waals surface area contributed by atoms with Crippen LogP contribution in [0.25, 0.3) is 5.52 Å². The molecule has 3 atom stereocenters. The molecule has 0 aliphatic carbocycles.